The second kappa shape index (κ2) is 6.18. The molecule has 0 aromatic rings. The van der Waals surface area contributed by atoms with Gasteiger partial charge in [0, 0.05) is 19.5 Å². The summed E-state index contributed by atoms with van der Waals surface area (Å²) in [5.41, 5.74) is 0. The fraction of sp³-hybridized carbons (Fsp3) is 0.846. The van der Waals surface area contributed by atoms with Gasteiger partial charge in [0.15, 0.2) is 0 Å². The third-order valence-electron chi connectivity index (χ3n) is 3.99. The van der Waals surface area contributed by atoms with Crippen LogP contribution in [0.1, 0.15) is 32.1 Å². The van der Waals surface area contributed by atoms with Gasteiger partial charge in [0.25, 0.3) is 0 Å². The molecule has 0 saturated carbocycles. The highest BCUT2D eigenvalue weighted by atomic mass is 16.4. The largest absolute Gasteiger partial charge is 0.481 e. The average Bonchev–Trinajstić information content (AvgIpc) is 2.82. The van der Waals surface area contributed by atoms with Gasteiger partial charge in [-0.05, 0) is 44.7 Å². The van der Waals surface area contributed by atoms with Crippen LogP contribution in [0.15, 0.2) is 0 Å². The Labute approximate surface area is 108 Å². The van der Waals surface area contributed by atoms with Crippen molar-refractivity contribution in [3.05, 3.63) is 0 Å². The van der Waals surface area contributed by atoms with Gasteiger partial charge >= 0.3 is 5.97 Å². The molecule has 0 aromatic carbocycles. The summed E-state index contributed by atoms with van der Waals surface area (Å²) in [6.45, 7) is 4.08. The Hall–Kier alpha value is -1.10. The molecular formula is C13H22N2O3. The molecule has 18 heavy (non-hydrogen) atoms. The molecule has 0 unspecified atom stereocenters. The van der Waals surface area contributed by atoms with E-state index >= 15 is 0 Å². The average molecular weight is 254 g/mol. The molecule has 2 aliphatic heterocycles. The van der Waals surface area contributed by atoms with Gasteiger partial charge in [-0.15, -0.1) is 0 Å². The van der Waals surface area contributed by atoms with E-state index in [1.807, 2.05) is 4.90 Å². The molecule has 2 heterocycles. The topological polar surface area (TPSA) is 60.9 Å². The number of carbonyl (C=O) groups is 2. The zero-order valence-electron chi connectivity index (χ0n) is 10.8. The van der Waals surface area contributed by atoms with Crippen molar-refractivity contribution in [1.82, 2.24) is 9.80 Å². The van der Waals surface area contributed by atoms with Crippen LogP contribution in [-0.2, 0) is 9.59 Å². The maximum absolute atomic E-state index is 12.1. The Morgan fingerprint density at radius 3 is 2.22 bits per heavy atom. The Bertz CT molecular complexity index is 305. The summed E-state index contributed by atoms with van der Waals surface area (Å²) in [4.78, 5) is 26.8. The summed E-state index contributed by atoms with van der Waals surface area (Å²) in [6, 6.07) is 0. The minimum atomic E-state index is -0.725. The van der Waals surface area contributed by atoms with Gasteiger partial charge in [0.2, 0.25) is 5.91 Å². The number of hydrogen-bond acceptors (Lipinski definition) is 3. The summed E-state index contributed by atoms with van der Waals surface area (Å²) in [7, 11) is 0. The first-order valence-electron chi connectivity index (χ1n) is 6.87. The van der Waals surface area contributed by atoms with Crippen molar-refractivity contribution in [3.63, 3.8) is 0 Å². The summed E-state index contributed by atoms with van der Waals surface area (Å²) in [6.07, 6.45) is 4.31. The van der Waals surface area contributed by atoms with E-state index in [1.165, 1.54) is 12.8 Å². The first-order chi connectivity index (χ1) is 8.65. The van der Waals surface area contributed by atoms with Gasteiger partial charge in [-0.1, -0.05) is 0 Å². The monoisotopic (exact) mass is 254 g/mol. The van der Waals surface area contributed by atoms with Crippen LogP contribution in [0.5, 0.6) is 0 Å². The van der Waals surface area contributed by atoms with Crippen molar-refractivity contribution in [1.29, 1.82) is 0 Å². The summed E-state index contributed by atoms with van der Waals surface area (Å²) >= 11 is 0. The number of carboxylic acid groups (broad SMARTS) is 1. The molecule has 0 aromatic heterocycles. The fourth-order valence-corrected chi connectivity index (χ4v) is 2.87. The zero-order valence-corrected chi connectivity index (χ0v) is 10.8. The maximum Gasteiger partial charge on any atom is 0.303 e. The number of aliphatic carboxylic acids is 1. The SMILES string of the molecule is O=C(O)CC1CCN(C(=O)CN2CCCC2)CC1. The number of carbonyl (C=O) groups excluding carboxylic acids is 1. The molecular weight excluding hydrogens is 232 g/mol. The van der Waals surface area contributed by atoms with E-state index in [9.17, 15) is 9.59 Å². The standard InChI is InChI=1S/C13H22N2O3/c16-12(10-14-5-1-2-6-14)15-7-3-11(4-8-15)9-13(17)18/h11H,1-10H2,(H,17,18). The Balaban J connectivity index is 1.71. The van der Waals surface area contributed by atoms with E-state index in [0.717, 1.165) is 39.0 Å². The minimum absolute atomic E-state index is 0.214. The van der Waals surface area contributed by atoms with Crippen molar-refractivity contribution in [3.8, 4) is 0 Å². The first-order valence-corrected chi connectivity index (χ1v) is 6.87. The molecule has 102 valence electrons. The highest BCUT2D eigenvalue weighted by Gasteiger charge is 2.25. The van der Waals surface area contributed by atoms with Gasteiger partial charge in [-0.3, -0.25) is 14.5 Å². The molecule has 0 bridgehead atoms. The number of nitrogens with zero attached hydrogens (tertiary/aromatic N) is 2. The predicted octanol–water partition coefficient (Wildman–Crippen LogP) is 0.795. The highest BCUT2D eigenvalue weighted by Crippen LogP contribution is 2.20. The van der Waals surface area contributed by atoms with Crippen LogP contribution in [0.4, 0.5) is 0 Å². The quantitative estimate of drug-likeness (QED) is 0.806. The number of hydrogen-bond donors (Lipinski definition) is 1. The molecule has 5 nitrogen and oxygen atoms in total. The third-order valence-corrected chi connectivity index (χ3v) is 3.99. The Morgan fingerprint density at radius 2 is 1.67 bits per heavy atom. The van der Waals surface area contributed by atoms with E-state index in [0.29, 0.717) is 6.54 Å². The van der Waals surface area contributed by atoms with E-state index < -0.39 is 5.97 Å². The van der Waals surface area contributed by atoms with Crippen LogP contribution in [0.2, 0.25) is 0 Å². The predicted molar refractivity (Wildman–Crippen MR) is 67.2 cm³/mol. The molecule has 5 heteroatoms. The van der Waals surface area contributed by atoms with E-state index in [-0.39, 0.29) is 18.2 Å². The van der Waals surface area contributed by atoms with Gasteiger partial charge in [-0.2, -0.15) is 0 Å². The normalized spacial score (nSPS) is 22.3. The summed E-state index contributed by atoms with van der Waals surface area (Å²) < 4.78 is 0. The van der Waals surface area contributed by atoms with Crippen molar-refractivity contribution in [2.45, 2.75) is 32.1 Å². The Morgan fingerprint density at radius 1 is 1.06 bits per heavy atom. The Kier molecular flexibility index (Phi) is 4.58. The number of amides is 1. The minimum Gasteiger partial charge on any atom is -0.481 e. The van der Waals surface area contributed by atoms with E-state index in [4.69, 9.17) is 5.11 Å². The number of likely N-dealkylation sites (tertiary alicyclic amines) is 2. The first kappa shape index (κ1) is 13.3. The van der Waals surface area contributed by atoms with Gasteiger partial charge < -0.3 is 10.0 Å². The van der Waals surface area contributed by atoms with Crippen LogP contribution >= 0.6 is 0 Å². The van der Waals surface area contributed by atoms with Crippen molar-refractivity contribution in [2.75, 3.05) is 32.7 Å². The van der Waals surface area contributed by atoms with Crippen molar-refractivity contribution >= 4 is 11.9 Å². The lowest BCUT2D eigenvalue weighted by molar-refractivity contribution is -0.138. The molecule has 0 atom stereocenters. The molecule has 2 fully saturated rings. The van der Waals surface area contributed by atoms with Gasteiger partial charge in [-0.25, -0.2) is 0 Å². The van der Waals surface area contributed by atoms with E-state index in [1.54, 1.807) is 0 Å². The second-order valence-electron chi connectivity index (χ2n) is 5.41. The molecule has 2 rings (SSSR count). The van der Waals surface area contributed by atoms with Crippen molar-refractivity contribution in [2.24, 2.45) is 5.92 Å². The molecule has 1 N–H and O–H groups in total. The molecule has 0 spiro atoms. The summed E-state index contributed by atoms with van der Waals surface area (Å²) in [5, 5.41) is 8.74. The molecule has 1 amide bonds. The molecule has 2 saturated heterocycles. The molecule has 2 aliphatic rings. The fourth-order valence-electron chi connectivity index (χ4n) is 2.87. The third kappa shape index (κ3) is 3.70. The zero-order chi connectivity index (χ0) is 13.0. The molecule has 0 aliphatic carbocycles. The highest BCUT2D eigenvalue weighted by molar-refractivity contribution is 5.78. The van der Waals surface area contributed by atoms with E-state index in [2.05, 4.69) is 4.90 Å². The maximum atomic E-state index is 12.1. The summed E-state index contributed by atoms with van der Waals surface area (Å²) in [5.74, 6) is -0.263. The van der Waals surface area contributed by atoms with Crippen molar-refractivity contribution < 1.29 is 14.7 Å². The second-order valence-corrected chi connectivity index (χ2v) is 5.41. The number of rotatable bonds is 4. The lowest BCUT2D eigenvalue weighted by Crippen LogP contribution is -2.43. The van der Waals surface area contributed by atoms with Gasteiger partial charge in [0.1, 0.15) is 0 Å². The molecule has 0 radical (unpaired) electrons. The van der Waals surface area contributed by atoms with Crippen LogP contribution in [0.25, 0.3) is 0 Å². The lowest BCUT2D eigenvalue weighted by Gasteiger charge is -2.32. The lowest BCUT2D eigenvalue weighted by atomic mass is 9.93. The van der Waals surface area contributed by atoms with Crippen LogP contribution < -0.4 is 0 Å². The van der Waals surface area contributed by atoms with Crippen LogP contribution in [-0.4, -0.2) is 59.5 Å². The number of piperidine rings is 1. The number of carboxylic acids is 1. The smallest absolute Gasteiger partial charge is 0.303 e. The van der Waals surface area contributed by atoms with Gasteiger partial charge in [0.05, 0.1) is 6.54 Å². The van der Waals surface area contributed by atoms with Crippen LogP contribution in [0.3, 0.4) is 0 Å². The van der Waals surface area contributed by atoms with Crippen LogP contribution in [0, 0.1) is 5.92 Å².